The highest BCUT2D eigenvalue weighted by Crippen LogP contribution is 2.25. The summed E-state index contributed by atoms with van der Waals surface area (Å²) < 4.78 is 7.45. The summed E-state index contributed by atoms with van der Waals surface area (Å²) in [7, 11) is 1.96. The van der Waals surface area contributed by atoms with Crippen LogP contribution >= 0.6 is 0 Å². The maximum Gasteiger partial charge on any atom is 0.296 e. The number of hydrogen-bond acceptors (Lipinski definition) is 2. The van der Waals surface area contributed by atoms with Gasteiger partial charge in [0.15, 0.2) is 0 Å². The van der Waals surface area contributed by atoms with E-state index in [-0.39, 0.29) is 0 Å². The van der Waals surface area contributed by atoms with Crippen molar-refractivity contribution in [2.75, 3.05) is 0 Å². The van der Waals surface area contributed by atoms with Crippen LogP contribution in [0.1, 0.15) is 18.5 Å². The SMILES string of the molecule is Cc1cn(C)c(OC2CC2)n1. The van der Waals surface area contributed by atoms with Crippen LogP contribution in [0, 0.1) is 6.92 Å². The first kappa shape index (κ1) is 6.70. The van der Waals surface area contributed by atoms with Gasteiger partial charge in [-0.2, -0.15) is 0 Å². The van der Waals surface area contributed by atoms with Crippen LogP contribution in [0.15, 0.2) is 6.20 Å². The first-order chi connectivity index (χ1) is 5.25. The van der Waals surface area contributed by atoms with Crippen molar-refractivity contribution in [2.45, 2.75) is 25.9 Å². The van der Waals surface area contributed by atoms with E-state index in [0.717, 1.165) is 11.7 Å². The van der Waals surface area contributed by atoms with Crippen molar-refractivity contribution in [3.8, 4) is 6.01 Å². The van der Waals surface area contributed by atoms with Gasteiger partial charge in [0.1, 0.15) is 6.10 Å². The van der Waals surface area contributed by atoms with Crippen molar-refractivity contribution in [3.63, 3.8) is 0 Å². The molecule has 0 saturated heterocycles. The second-order valence-corrected chi connectivity index (χ2v) is 3.09. The predicted octanol–water partition coefficient (Wildman–Crippen LogP) is 1.27. The Morgan fingerprint density at radius 2 is 2.36 bits per heavy atom. The molecule has 0 atom stereocenters. The number of ether oxygens (including phenoxy) is 1. The van der Waals surface area contributed by atoms with E-state index in [0.29, 0.717) is 6.10 Å². The van der Waals surface area contributed by atoms with Crippen molar-refractivity contribution in [3.05, 3.63) is 11.9 Å². The van der Waals surface area contributed by atoms with E-state index in [4.69, 9.17) is 4.74 Å². The molecule has 2 rings (SSSR count). The third kappa shape index (κ3) is 1.37. The summed E-state index contributed by atoms with van der Waals surface area (Å²) in [6.45, 7) is 1.97. The largest absolute Gasteiger partial charge is 0.461 e. The van der Waals surface area contributed by atoms with Gasteiger partial charge in [-0.25, -0.2) is 4.98 Å². The molecule has 60 valence electrons. The van der Waals surface area contributed by atoms with Crippen LogP contribution in [-0.2, 0) is 7.05 Å². The first-order valence-corrected chi connectivity index (χ1v) is 3.92. The molecule has 0 radical (unpaired) electrons. The molecule has 0 spiro atoms. The lowest BCUT2D eigenvalue weighted by Gasteiger charge is -2.01. The number of imidazole rings is 1. The fourth-order valence-corrected chi connectivity index (χ4v) is 1.04. The normalized spacial score (nSPS) is 16.9. The average Bonchev–Trinajstić information content (AvgIpc) is 2.64. The van der Waals surface area contributed by atoms with Gasteiger partial charge in [-0.1, -0.05) is 0 Å². The molecule has 0 amide bonds. The molecule has 1 aliphatic rings. The fraction of sp³-hybridized carbons (Fsp3) is 0.625. The Kier molecular flexibility index (Phi) is 1.37. The Hall–Kier alpha value is -0.990. The molecule has 3 heteroatoms. The van der Waals surface area contributed by atoms with Gasteiger partial charge in [-0.15, -0.1) is 0 Å². The Morgan fingerprint density at radius 1 is 1.64 bits per heavy atom. The van der Waals surface area contributed by atoms with Crippen molar-refractivity contribution in [1.29, 1.82) is 0 Å². The van der Waals surface area contributed by atoms with Gasteiger partial charge < -0.3 is 9.30 Å². The predicted molar refractivity (Wildman–Crippen MR) is 41.6 cm³/mol. The molecule has 11 heavy (non-hydrogen) atoms. The number of rotatable bonds is 2. The molecule has 1 fully saturated rings. The average molecular weight is 152 g/mol. The van der Waals surface area contributed by atoms with Crippen LogP contribution in [0.4, 0.5) is 0 Å². The minimum absolute atomic E-state index is 0.440. The summed E-state index contributed by atoms with van der Waals surface area (Å²) in [5, 5.41) is 0. The Bertz CT molecular complexity index is 263. The molecule has 1 heterocycles. The van der Waals surface area contributed by atoms with Crippen LogP contribution in [0.5, 0.6) is 6.01 Å². The molecular formula is C8H12N2O. The molecule has 0 aromatic carbocycles. The van der Waals surface area contributed by atoms with Gasteiger partial charge in [-0.3, -0.25) is 0 Å². The number of hydrogen-bond donors (Lipinski definition) is 0. The van der Waals surface area contributed by atoms with Crippen LogP contribution in [0.25, 0.3) is 0 Å². The van der Waals surface area contributed by atoms with Crippen LogP contribution in [-0.4, -0.2) is 15.7 Å². The first-order valence-electron chi connectivity index (χ1n) is 3.92. The molecule has 1 aliphatic carbocycles. The zero-order chi connectivity index (χ0) is 7.84. The molecule has 3 nitrogen and oxygen atoms in total. The smallest absolute Gasteiger partial charge is 0.296 e. The lowest BCUT2D eigenvalue weighted by Crippen LogP contribution is -2.01. The van der Waals surface area contributed by atoms with Gasteiger partial charge >= 0.3 is 0 Å². The summed E-state index contributed by atoms with van der Waals surface area (Å²) in [6.07, 6.45) is 4.78. The Labute approximate surface area is 66.0 Å². The summed E-state index contributed by atoms with van der Waals surface area (Å²) in [6, 6.07) is 0.755. The molecule has 1 aromatic rings. The van der Waals surface area contributed by atoms with E-state index < -0.39 is 0 Å². The molecule has 0 unspecified atom stereocenters. The van der Waals surface area contributed by atoms with Crippen molar-refractivity contribution in [2.24, 2.45) is 7.05 Å². The van der Waals surface area contributed by atoms with Gasteiger partial charge in [-0.05, 0) is 19.8 Å². The monoisotopic (exact) mass is 152 g/mol. The molecule has 1 aromatic heterocycles. The zero-order valence-electron chi connectivity index (χ0n) is 6.87. The van der Waals surface area contributed by atoms with E-state index >= 15 is 0 Å². The maximum atomic E-state index is 5.53. The topological polar surface area (TPSA) is 27.1 Å². The van der Waals surface area contributed by atoms with E-state index in [1.165, 1.54) is 12.8 Å². The third-order valence-electron chi connectivity index (χ3n) is 1.75. The standard InChI is InChI=1S/C8H12N2O/c1-6-5-10(2)8(9-6)11-7-3-4-7/h5,7H,3-4H2,1-2H3. The highest BCUT2D eigenvalue weighted by atomic mass is 16.5. The van der Waals surface area contributed by atoms with Crippen LogP contribution < -0.4 is 4.74 Å². The van der Waals surface area contributed by atoms with E-state index in [9.17, 15) is 0 Å². The minimum atomic E-state index is 0.440. The van der Waals surface area contributed by atoms with Gasteiger partial charge in [0.05, 0.1) is 5.69 Å². The molecule has 0 bridgehead atoms. The Morgan fingerprint density at radius 3 is 2.82 bits per heavy atom. The maximum absolute atomic E-state index is 5.53. The van der Waals surface area contributed by atoms with E-state index in [2.05, 4.69) is 4.98 Å². The zero-order valence-corrected chi connectivity index (χ0v) is 6.87. The van der Waals surface area contributed by atoms with Crippen LogP contribution in [0.3, 0.4) is 0 Å². The summed E-state index contributed by atoms with van der Waals surface area (Å²) >= 11 is 0. The summed E-state index contributed by atoms with van der Waals surface area (Å²) in [5.41, 5.74) is 1.02. The third-order valence-corrected chi connectivity index (χ3v) is 1.75. The van der Waals surface area contributed by atoms with Gasteiger partial charge in [0, 0.05) is 13.2 Å². The molecule has 1 saturated carbocycles. The fourth-order valence-electron chi connectivity index (χ4n) is 1.04. The molecular weight excluding hydrogens is 140 g/mol. The number of nitrogens with zero attached hydrogens (tertiary/aromatic N) is 2. The minimum Gasteiger partial charge on any atom is -0.461 e. The van der Waals surface area contributed by atoms with Gasteiger partial charge in [0.2, 0.25) is 0 Å². The van der Waals surface area contributed by atoms with E-state index in [1.54, 1.807) is 0 Å². The van der Waals surface area contributed by atoms with Gasteiger partial charge in [0.25, 0.3) is 6.01 Å². The van der Waals surface area contributed by atoms with Crippen molar-refractivity contribution >= 4 is 0 Å². The Balaban J connectivity index is 2.14. The summed E-state index contributed by atoms with van der Waals surface area (Å²) in [5.74, 6) is 0. The number of aryl methyl sites for hydroxylation is 2. The van der Waals surface area contributed by atoms with E-state index in [1.807, 2.05) is 24.7 Å². The molecule has 0 N–H and O–H groups in total. The lowest BCUT2D eigenvalue weighted by atomic mass is 10.6. The lowest BCUT2D eigenvalue weighted by molar-refractivity contribution is 0.269. The van der Waals surface area contributed by atoms with Crippen molar-refractivity contribution in [1.82, 2.24) is 9.55 Å². The quantitative estimate of drug-likeness (QED) is 0.638. The highest BCUT2D eigenvalue weighted by Gasteiger charge is 2.25. The number of aromatic nitrogens is 2. The summed E-state index contributed by atoms with van der Waals surface area (Å²) in [4.78, 5) is 4.23. The second kappa shape index (κ2) is 2.26. The molecule has 0 aliphatic heterocycles. The highest BCUT2D eigenvalue weighted by molar-refractivity contribution is 5.07. The second-order valence-electron chi connectivity index (χ2n) is 3.09. The van der Waals surface area contributed by atoms with Crippen molar-refractivity contribution < 1.29 is 4.74 Å². The van der Waals surface area contributed by atoms with Crippen LogP contribution in [0.2, 0.25) is 0 Å².